The lowest BCUT2D eigenvalue weighted by Crippen LogP contribution is -2.25. The van der Waals surface area contributed by atoms with Gasteiger partial charge in [0, 0.05) is 31.9 Å². The summed E-state index contributed by atoms with van der Waals surface area (Å²) in [4.78, 5) is 17.5. The Labute approximate surface area is 87.8 Å². The summed E-state index contributed by atoms with van der Waals surface area (Å²) in [6.45, 7) is 1.47. The number of thiocarbonyl (C=S) groups is 1. The Morgan fingerprint density at radius 3 is 2.71 bits per heavy atom. The van der Waals surface area contributed by atoms with Crippen LogP contribution in [0.25, 0.3) is 0 Å². The second-order valence-corrected chi connectivity index (χ2v) is 3.64. The Bertz CT molecular complexity index is 364. The van der Waals surface area contributed by atoms with Crippen molar-refractivity contribution >= 4 is 23.0 Å². The number of nitrogens with zero attached hydrogens (tertiary/aromatic N) is 2. The summed E-state index contributed by atoms with van der Waals surface area (Å²) in [7, 11) is 0. The lowest BCUT2D eigenvalue weighted by molar-refractivity contribution is -0.112. The van der Waals surface area contributed by atoms with Crippen LogP contribution in [0.2, 0.25) is 0 Å². The molecule has 72 valence electrons. The van der Waals surface area contributed by atoms with Crippen LogP contribution in [-0.2, 0) is 11.3 Å². The third-order valence-electron chi connectivity index (χ3n) is 2.26. The van der Waals surface area contributed by atoms with Gasteiger partial charge < -0.3 is 4.90 Å². The maximum absolute atomic E-state index is 11.2. The smallest absolute Gasteiger partial charge is 0.191 e. The predicted octanol–water partition coefficient (Wildman–Crippen LogP) is 1.18. The number of ketones is 1. The average molecular weight is 206 g/mol. The molecule has 0 unspecified atom stereocenters. The fourth-order valence-electron chi connectivity index (χ4n) is 1.48. The van der Waals surface area contributed by atoms with Crippen LogP contribution >= 0.6 is 12.2 Å². The van der Waals surface area contributed by atoms with Gasteiger partial charge in [0.15, 0.2) is 5.78 Å². The van der Waals surface area contributed by atoms with Crippen LogP contribution in [0.5, 0.6) is 0 Å². The quantitative estimate of drug-likeness (QED) is 0.680. The van der Waals surface area contributed by atoms with Gasteiger partial charge in [0.2, 0.25) is 0 Å². The van der Waals surface area contributed by atoms with E-state index in [0.29, 0.717) is 18.0 Å². The zero-order chi connectivity index (χ0) is 9.97. The first-order valence-corrected chi connectivity index (χ1v) is 4.89. The van der Waals surface area contributed by atoms with Crippen molar-refractivity contribution in [1.82, 2.24) is 9.88 Å². The standard InChI is InChI=1S/C10H10N2OS/c13-9-3-6-12(10(9)14)7-8-1-4-11-5-2-8/h1-2,4-5H,3,6-7H2. The molecule has 0 radical (unpaired) electrons. The molecule has 0 amide bonds. The van der Waals surface area contributed by atoms with Crippen LogP contribution in [0.4, 0.5) is 0 Å². The molecule has 1 saturated heterocycles. The second-order valence-electron chi connectivity index (χ2n) is 3.26. The van der Waals surface area contributed by atoms with E-state index in [9.17, 15) is 4.79 Å². The molecule has 2 heterocycles. The van der Waals surface area contributed by atoms with Crippen molar-refractivity contribution in [3.05, 3.63) is 30.1 Å². The van der Waals surface area contributed by atoms with Crippen molar-refractivity contribution in [2.45, 2.75) is 13.0 Å². The van der Waals surface area contributed by atoms with Crippen molar-refractivity contribution in [3.8, 4) is 0 Å². The van der Waals surface area contributed by atoms with E-state index in [1.165, 1.54) is 0 Å². The Balaban J connectivity index is 2.06. The monoisotopic (exact) mass is 206 g/mol. The molecule has 0 atom stereocenters. The van der Waals surface area contributed by atoms with Crippen molar-refractivity contribution in [2.24, 2.45) is 0 Å². The third kappa shape index (κ3) is 1.80. The molecule has 4 heteroatoms. The molecule has 0 bridgehead atoms. The summed E-state index contributed by atoms with van der Waals surface area (Å²) >= 11 is 5.02. The predicted molar refractivity (Wildman–Crippen MR) is 56.9 cm³/mol. The molecule has 2 rings (SSSR count). The minimum atomic E-state index is 0.0917. The maximum Gasteiger partial charge on any atom is 0.191 e. The molecule has 0 aromatic carbocycles. The SMILES string of the molecule is O=C1CCN(Cc2ccncc2)C1=S. The molecular weight excluding hydrogens is 196 g/mol. The van der Waals surface area contributed by atoms with Gasteiger partial charge in [0.1, 0.15) is 4.99 Å². The first-order chi connectivity index (χ1) is 6.77. The largest absolute Gasteiger partial charge is 0.355 e. The highest BCUT2D eigenvalue weighted by Crippen LogP contribution is 2.12. The fraction of sp³-hybridized carbons (Fsp3) is 0.300. The van der Waals surface area contributed by atoms with E-state index in [0.717, 1.165) is 12.1 Å². The number of hydrogen-bond acceptors (Lipinski definition) is 3. The van der Waals surface area contributed by atoms with E-state index in [4.69, 9.17) is 12.2 Å². The highest BCUT2D eigenvalue weighted by atomic mass is 32.1. The molecule has 14 heavy (non-hydrogen) atoms. The van der Waals surface area contributed by atoms with Crippen molar-refractivity contribution in [1.29, 1.82) is 0 Å². The first kappa shape index (κ1) is 9.27. The van der Waals surface area contributed by atoms with Crippen LogP contribution in [0.1, 0.15) is 12.0 Å². The number of pyridine rings is 1. The summed E-state index contributed by atoms with van der Waals surface area (Å²) in [5.41, 5.74) is 1.14. The summed E-state index contributed by atoms with van der Waals surface area (Å²) < 4.78 is 0. The van der Waals surface area contributed by atoms with Crippen molar-refractivity contribution < 1.29 is 4.79 Å². The first-order valence-electron chi connectivity index (χ1n) is 4.48. The zero-order valence-corrected chi connectivity index (χ0v) is 8.46. The molecule has 0 aliphatic carbocycles. The van der Waals surface area contributed by atoms with E-state index in [1.807, 2.05) is 17.0 Å². The molecule has 1 aromatic rings. The molecule has 3 nitrogen and oxygen atoms in total. The molecule has 1 aliphatic rings. The Morgan fingerprint density at radius 1 is 1.43 bits per heavy atom. The van der Waals surface area contributed by atoms with Crippen LogP contribution in [-0.4, -0.2) is 27.2 Å². The number of carbonyl (C=O) groups excluding carboxylic acids is 1. The van der Waals surface area contributed by atoms with Gasteiger partial charge in [-0.3, -0.25) is 9.78 Å². The van der Waals surface area contributed by atoms with Crippen LogP contribution in [0.3, 0.4) is 0 Å². The molecule has 1 fully saturated rings. The lowest BCUT2D eigenvalue weighted by atomic mass is 10.2. The molecule has 1 aromatic heterocycles. The van der Waals surface area contributed by atoms with E-state index in [-0.39, 0.29) is 5.78 Å². The summed E-state index contributed by atoms with van der Waals surface area (Å²) in [6, 6.07) is 3.87. The summed E-state index contributed by atoms with van der Waals surface area (Å²) in [6.07, 6.45) is 4.05. The van der Waals surface area contributed by atoms with E-state index >= 15 is 0 Å². The summed E-state index contributed by atoms with van der Waals surface area (Å²) in [5.74, 6) is 0.0917. The lowest BCUT2D eigenvalue weighted by Gasteiger charge is -2.16. The second kappa shape index (κ2) is 3.84. The van der Waals surface area contributed by atoms with Gasteiger partial charge in [-0.25, -0.2) is 0 Å². The minimum Gasteiger partial charge on any atom is -0.355 e. The molecule has 0 N–H and O–H groups in total. The van der Waals surface area contributed by atoms with Gasteiger partial charge in [-0.2, -0.15) is 0 Å². The number of rotatable bonds is 2. The van der Waals surface area contributed by atoms with Gasteiger partial charge in [-0.15, -0.1) is 0 Å². The van der Waals surface area contributed by atoms with Crippen LogP contribution < -0.4 is 0 Å². The van der Waals surface area contributed by atoms with Crippen LogP contribution in [0, 0.1) is 0 Å². The maximum atomic E-state index is 11.2. The van der Waals surface area contributed by atoms with Gasteiger partial charge in [0.05, 0.1) is 0 Å². The average Bonchev–Trinajstić information content (AvgIpc) is 2.52. The Kier molecular flexibility index (Phi) is 2.54. The van der Waals surface area contributed by atoms with E-state index in [1.54, 1.807) is 12.4 Å². The number of Topliss-reactive ketones (excluding diaryl/α,β-unsaturated/α-hetero) is 1. The number of aromatic nitrogens is 1. The van der Waals surface area contributed by atoms with Crippen molar-refractivity contribution in [2.75, 3.05) is 6.54 Å². The number of hydrogen-bond donors (Lipinski definition) is 0. The molecule has 0 saturated carbocycles. The number of likely N-dealkylation sites (tertiary alicyclic amines) is 1. The van der Waals surface area contributed by atoms with Crippen LogP contribution in [0.15, 0.2) is 24.5 Å². The number of carbonyl (C=O) groups is 1. The van der Waals surface area contributed by atoms with Gasteiger partial charge in [-0.05, 0) is 17.7 Å². The molecule has 0 spiro atoms. The Morgan fingerprint density at radius 2 is 2.14 bits per heavy atom. The van der Waals surface area contributed by atoms with E-state index in [2.05, 4.69) is 4.98 Å². The topological polar surface area (TPSA) is 33.2 Å². The highest BCUT2D eigenvalue weighted by molar-refractivity contribution is 7.82. The molecule has 1 aliphatic heterocycles. The highest BCUT2D eigenvalue weighted by Gasteiger charge is 2.24. The summed E-state index contributed by atoms with van der Waals surface area (Å²) in [5, 5.41) is 0. The van der Waals surface area contributed by atoms with Gasteiger partial charge in [-0.1, -0.05) is 12.2 Å². The normalized spacial score (nSPS) is 16.4. The van der Waals surface area contributed by atoms with Crippen molar-refractivity contribution in [3.63, 3.8) is 0 Å². The minimum absolute atomic E-state index is 0.0917. The zero-order valence-electron chi connectivity index (χ0n) is 7.64. The fourth-order valence-corrected chi connectivity index (χ4v) is 1.74. The van der Waals surface area contributed by atoms with Gasteiger partial charge >= 0.3 is 0 Å². The third-order valence-corrected chi connectivity index (χ3v) is 2.74. The van der Waals surface area contributed by atoms with E-state index < -0.39 is 0 Å². The Hall–Kier alpha value is -1.29. The van der Waals surface area contributed by atoms with Gasteiger partial charge in [0.25, 0.3) is 0 Å². The molecular formula is C10H10N2OS.